The van der Waals surface area contributed by atoms with Crippen LogP contribution >= 0.6 is 0 Å². The molecule has 0 spiro atoms. The molecular weight excluding hydrogens is 436 g/mol. The van der Waals surface area contributed by atoms with Crippen molar-refractivity contribution >= 4 is 44.6 Å². The number of para-hydroxylation sites is 1. The lowest BCUT2D eigenvalue weighted by Crippen LogP contribution is -2.49. The van der Waals surface area contributed by atoms with Crippen LogP contribution in [0.2, 0.25) is 0 Å². The molecule has 1 heterocycles. The van der Waals surface area contributed by atoms with Crippen LogP contribution in [0.15, 0.2) is 30.5 Å². The van der Waals surface area contributed by atoms with Crippen molar-refractivity contribution in [3.05, 3.63) is 36.0 Å². The van der Waals surface area contributed by atoms with E-state index in [9.17, 15) is 22.8 Å². The van der Waals surface area contributed by atoms with Crippen molar-refractivity contribution in [2.75, 3.05) is 6.26 Å². The zero-order chi connectivity index (χ0) is 23.9. The van der Waals surface area contributed by atoms with Crippen molar-refractivity contribution in [3.8, 4) is 0 Å². The first kappa shape index (κ1) is 25.0. The quantitative estimate of drug-likeness (QED) is 0.196. The van der Waals surface area contributed by atoms with Crippen molar-refractivity contribution in [1.29, 1.82) is 5.53 Å². The predicted octanol–water partition coefficient (Wildman–Crippen LogP) is 1.22. The van der Waals surface area contributed by atoms with Gasteiger partial charge in [-0.1, -0.05) is 18.2 Å². The summed E-state index contributed by atoms with van der Waals surface area (Å²) in [6.45, 7) is 3.26. The van der Waals surface area contributed by atoms with E-state index in [1.165, 1.54) is 0 Å². The number of hydrogen-bond acceptors (Lipinski definition) is 7. The number of carbonyl (C=O) groups is 3. The summed E-state index contributed by atoms with van der Waals surface area (Å²) in [6.07, 6.45) is 2.55. The molecule has 2 atom stereocenters. The van der Waals surface area contributed by atoms with Gasteiger partial charge in [-0.2, -0.15) is 0 Å². The molecule has 0 fully saturated rings. The van der Waals surface area contributed by atoms with Gasteiger partial charge in [0.1, 0.15) is 11.3 Å². The molecule has 3 N–H and O–H groups in total. The van der Waals surface area contributed by atoms with Crippen molar-refractivity contribution in [2.24, 2.45) is 0 Å². The topological polar surface area (TPSA) is 160 Å². The highest BCUT2D eigenvalue weighted by atomic mass is 32.2. The van der Waals surface area contributed by atoms with E-state index in [4.69, 9.17) is 10.3 Å². The SMILES string of the molecule is CC(C)OC(=O)[C@H](CCC(=O)C=[N+]=N)NC(=O)[C@H](Cc1c[nH]c2ccccc12)S(C)(=O)=O. The third-order valence-corrected chi connectivity index (χ3v) is 6.14. The van der Waals surface area contributed by atoms with E-state index >= 15 is 0 Å². The number of aromatic nitrogens is 1. The average Bonchev–Trinajstić information content (AvgIpc) is 3.11. The number of benzene rings is 1. The van der Waals surface area contributed by atoms with Crippen molar-refractivity contribution in [3.63, 3.8) is 0 Å². The number of aromatic amines is 1. The maximum Gasteiger partial charge on any atom is 0.372 e. The highest BCUT2D eigenvalue weighted by molar-refractivity contribution is 7.92. The van der Waals surface area contributed by atoms with E-state index in [0.29, 0.717) is 5.56 Å². The lowest BCUT2D eigenvalue weighted by Gasteiger charge is -2.21. The van der Waals surface area contributed by atoms with Crippen LogP contribution in [-0.4, -0.2) is 65.7 Å². The van der Waals surface area contributed by atoms with Gasteiger partial charge in [-0.25, -0.2) is 13.2 Å². The standard InChI is InChI=1S/C21H26N4O6S/c1-13(2)31-21(28)18(9-8-15(26)12-24-22)25-20(27)19(32(3,29)30)10-14-11-23-17-7-5-4-6-16(14)17/h4-7,11-13,18-19,22-23H,8-10H2,1-3H3/p+1/t18-,19-/m0/s1. The van der Waals surface area contributed by atoms with Gasteiger partial charge in [0.2, 0.25) is 11.7 Å². The Morgan fingerprint density at radius 2 is 1.94 bits per heavy atom. The van der Waals surface area contributed by atoms with Crippen molar-refractivity contribution < 1.29 is 32.3 Å². The van der Waals surface area contributed by atoms with Gasteiger partial charge < -0.3 is 15.0 Å². The number of sulfone groups is 1. The lowest BCUT2D eigenvalue weighted by molar-refractivity contribution is -0.151. The van der Waals surface area contributed by atoms with E-state index in [1.807, 2.05) is 24.3 Å². The summed E-state index contributed by atoms with van der Waals surface area (Å²) in [5.74, 6) is -2.14. The van der Waals surface area contributed by atoms with E-state index in [1.54, 1.807) is 20.0 Å². The summed E-state index contributed by atoms with van der Waals surface area (Å²) < 4.78 is 30.0. The maximum absolute atomic E-state index is 13.0. The van der Waals surface area contributed by atoms with E-state index in [2.05, 4.69) is 15.1 Å². The first-order valence-electron chi connectivity index (χ1n) is 10.00. The lowest BCUT2D eigenvalue weighted by atomic mass is 10.1. The number of hydrogen-bond donors (Lipinski definition) is 3. The second-order valence-electron chi connectivity index (χ2n) is 7.69. The molecule has 0 saturated heterocycles. The molecule has 1 aromatic heterocycles. The predicted molar refractivity (Wildman–Crippen MR) is 117 cm³/mol. The molecule has 2 aromatic rings. The molecule has 0 unspecified atom stereocenters. The Morgan fingerprint density at radius 1 is 1.25 bits per heavy atom. The van der Waals surface area contributed by atoms with Gasteiger partial charge in [0.05, 0.1) is 16.4 Å². The number of ether oxygens (including phenoxy) is 1. The molecule has 2 rings (SSSR count). The Kier molecular flexibility index (Phi) is 8.45. The summed E-state index contributed by atoms with van der Waals surface area (Å²) >= 11 is 0. The number of nitrogens with one attached hydrogen (secondary N) is 3. The van der Waals surface area contributed by atoms with E-state index in [-0.39, 0.29) is 19.3 Å². The second kappa shape index (κ2) is 10.8. The summed E-state index contributed by atoms with van der Waals surface area (Å²) in [5, 5.41) is 1.79. The zero-order valence-electron chi connectivity index (χ0n) is 18.1. The number of H-pyrrole nitrogens is 1. The minimum Gasteiger partial charge on any atom is -0.461 e. The molecule has 10 nitrogen and oxygen atoms in total. The van der Waals surface area contributed by atoms with Crippen LogP contribution in [0.4, 0.5) is 0 Å². The van der Waals surface area contributed by atoms with Gasteiger partial charge in [-0.05, 0) is 31.9 Å². The first-order valence-corrected chi connectivity index (χ1v) is 12.0. The molecule has 0 aliphatic carbocycles. The van der Waals surface area contributed by atoms with Gasteiger partial charge >= 0.3 is 12.2 Å². The number of esters is 1. The van der Waals surface area contributed by atoms with Gasteiger partial charge in [-0.15, -0.1) is 0 Å². The monoisotopic (exact) mass is 463 g/mol. The molecule has 32 heavy (non-hydrogen) atoms. The van der Waals surface area contributed by atoms with Crippen LogP contribution in [0, 0.1) is 5.53 Å². The summed E-state index contributed by atoms with van der Waals surface area (Å²) in [7, 11) is -3.83. The molecule has 172 valence electrons. The second-order valence-corrected chi connectivity index (χ2v) is 9.92. The molecule has 1 aromatic carbocycles. The zero-order valence-corrected chi connectivity index (χ0v) is 18.9. The van der Waals surface area contributed by atoms with Crippen molar-refractivity contribution in [2.45, 2.75) is 50.5 Å². The number of ketones is 1. The molecule has 0 saturated carbocycles. The van der Waals surface area contributed by atoms with Crippen LogP contribution in [0.25, 0.3) is 10.9 Å². The number of carbonyl (C=O) groups excluding carboxylic acids is 3. The van der Waals surface area contributed by atoms with Crippen LogP contribution in [0.3, 0.4) is 0 Å². The van der Waals surface area contributed by atoms with E-state index < -0.39 is 44.9 Å². The Morgan fingerprint density at radius 3 is 2.56 bits per heavy atom. The normalized spacial score (nSPS) is 13.2. The Balaban J connectivity index is 2.25. The molecule has 1 amide bonds. The third kappa shape index (κ3) is 6.86. The van der Waals surface area contributed by atoms with Gasteiger partial charge in [0.25, 0.3) is 0 Å². The molecule has 11 heteroatoms. The molecule has 0 radical (unpaired) electrons. The summed E-state index contributed by atoms with van der Waals surface area (Å²) in [5.41, 5.74) is 8.16. The number of fused-ring (bicyclic) bond motifs is 1. The first-order chi connectivity index (χ1) is 15.0. The van der Waals surface area contributed by atoms with Gasteiger partial charge in [0.15, 0.2) is 9.84 Å². The largest absolute Gasteiger partial charge is 0.461 e. The summed E-state index contributed by atoms with van der Waals surface area (Å²) in [4.78, 5) is 43.0. The fourth-order valence-corrected chi connectivity index (χ4v) is 4.13. The number of amides is 1. The highest BCUT2D eigenvalue weighted by Crippen LogP contribution is 2.21. The molecular formula is C21H27N4O6S+. The smallest absolute Gasteiger partial charge is 0.372 e. The fourth-order valence-electron chi connectivity index (χ4n) is 3.19. The van der Waals surface area contributed by atoms with Gasteiger partial charge in [0, 0.05) is 36.2 Å². The average molecular weight is 464 g/mol. The number of nitrogens with zero attached hydrogens (tertiary/aromatic N) is 1. The van der Waals surface area contributed by atoms with Crippen molar-refractivity contribution in [1.82, 2.24) is 10.3 Å². The highest BCUT2D eigenvalue weighted by Gasteiger charge is 2.34. The van der Waals surface area contributed by atoms with Crippen LogP contribution < -0.4 is 5.32 Å². The molecule has 0 bridgehead atoms. The number of Topliss-reactive ketones (excluding diaryl/α,β-unsaturated/α-hetero) is 1. The molecule has 0 aliphatic rings. The molecule has 0 aliphatic heterocycles. The van der Waals surface area contributed by atoms with Gasteiger partial charge in [-0.3, -0.25) is 9.59 Å². The number of rotatable bonds is 11. The summed E-state index contributed by atoms with van der Waals surface area (Å²) in [6, 6.07) is 6.08. The minimum atomic E-state index is -3.83. The fraction of sp³-hybridized carbons (Fsp3) is 0.429. The Bertz CT molecular complexity index is 1150. The van der Waals surface area contributed by atoms with E-state index in [0.717, 1.165) is 23.4 Å². The Hall–Kier alpha value is -3.30. The van der Waals surface area contributed by atoms with Crippen LogP contribution in [0.1, 0.15) is 32.3 Å². The Labute approximate surface area is 185 Å². The third-order valence-electron chi connectivity index (χ3n) is 4.73. The minimum absolute atomic E-state index is 0.0922. The van der Waals surface area contributed by atoms with Crippen LogP contribution in [-0.2, 0) is 35.4 Å². The maximum atomic E-state index is 13.0. The van der Waals surface area contributed by atoms with Crippen LogP contribution in [0.5, 0.6) is 0 Å².